The van der Waals surface area contributed by atoms with Gasteiger partial charge < -0.3 is 15.3 Å². The molecule has 0 saturated heterocycles. The Morgan fingerprint density at radius 2 is 2.19 bits per heavy atom. The summed E-state index contributed by atoms with van der Waals surface area (Å²) in [5.41, 5.74) is 0. The van der Waals surface area contributed by atoms with Crippen molar-refractivity contribution in [3.05, 3.63) is 0 Å². The summed E-state index contributed by atoms with van der Waals surface area (Å²) in [6.07, 6.45) is 4.99. The molecule has 2 atom stereocenters. The van der Waals surface area contributed by atoms with Crippen LogP contribution in [0, 0.1) is 5.92 Å². The lowest BCUT2D eigenvalue weighted by atomic mass is 10.1. The topological polar surface area (TPSA) is 52.6 Å². The van der Waals surface area contributed by atoms with Crippen LogP contribution in [0.4, 0.5) is 0 Å². The number of hydrogen-bond acceptors (Lipinski definition) is 3. The first-order valence-corrected chi connectivity index (χ1v) is 6.19. The SMILES string of the molecule is CN(C)C(=O)CCCNC1CCCC1CO. The Hall–Kier alpha value is -0.610. The van der Waals surface area contributed by atoms with E-state index in [0.717, 1.165) is 25.8 Å². The third-order valence-electron chi connectivity index (χ3n) is 3.37. The Kier molecular flexibility index (Phi) is 5.77. The Balaban J connectivity index is 2.09. The van der Waals surface area contributed by atoms with E-state index in [1.807, 2.05) is 0 Å². The van der Waals surface area contributed by atoms with E-state index in [1.165, 1.54) is 6.42 Å². The number of hydrogen-bond donors (Lipinski definition) is 2. The Morgan fingerprint density at radius 3 is 2.81 bits per heavy atom. The molecule has 2 unspecified atom stereocenters. The molecule has 0 spiro atoms. The van der Waals surface area contributed by atoms with Gasteiger partial charge in [-0.15, -0.1) is 0 Å². The highest BCUT2D eigenvalue weighted by atomic mass is 16.3. The fraction of sp³-hybridized carbons (Fsp3) is 0.917. The minimum absolute atomic E-state index is 0.187. The highest BCUT2D eigenvalue weighted by Gasteiger charge is 2.25. The molecule has 1 fully saturated rings. The maximum atomic E-state index is 11.3. The van der Waals surface area contributed by atoms with E-state index in [2.05, 4.69) is 5.32 Å². The minimum Gasteiger partial charge on any atom is -0.396 e. The fourth-order valence-corrected chi connectivity index (χ4v) is 2.27. The van der Waals surface area contributed by atoms with Gasteiger partial charge in [0.2, 0.25) is 5.91 Å². The van der Waals surface area contributed by atoms with Gasteiger partial charge in [-0.05, 0) is 31.7 Å². The quantitative estimate of drug-likeness (QED) is 0.655. The first-order valence-electron chi connectivity index (χ1n) is 6.19. The van der Waals surface area contributed by atoms with E-state index in [9.17, 15) is 4.79 Å². The second-order valence-corrected chi connectivity index (χ2v) is 4.83. The van der Waals surface area contributed by atoms with Gasteiger partial charge >= 0.3 is 0 Å². The number of rotatable bonds is 6. The summed E-state index contributed by atoms with van der Waals surface area (Å²) >= 11 is 0. The Morgan fingerprint density at radius 1 is 1.44 bits per heavy atom. The largest absolute Gasteiger partial charge is 0.396 e. The van der Waals surface area contributed by atoms with Crippen LogP contribution >= 0.6 is 0 Å². The van der Waals surface area contributed by atoms with Crippen LogP contribution in [0.15, 0.2) is 0 Å². The molecule has 0 heterocycles. The van der Waals surface area contributed by atoms with Gasteiger partial charge in [-0.25, -0.2) is 0 Å². The van der Waals surface area contributed by atoms with E-state index < -0.39 is 0 Å². The molecule has 0 aromatic rings. The van der Waals surface area contributed by atoms with E-state index in [0.29, 0.717) is 18.4 Å². The number of nitrogens with one attached hydrogen (secondary N) is 1. The summed E-state index contributed by atoms with van der Waals surface area (Å²) in [7, 11) is 3.57. The summed E-state index contributed by atoms with van der Waals surface area (Å²) < 4.78 is 0. The lowest BCUT2D eigenvalue weighted by molar-refractivity contribution is -0.128. The van der Waals surface area contributed by atoms with Gasteiger partial charge in [0.25, 0.3) is 0 Å². The number of aliphatic hydroxyl groups is 1. The van der Waals surface area contributed by atoms with Gasteiger partial charge in [-0.1, -0.05) is 6.42 Å². The molecule has 0 aromatic carbocycles. The van der Waals surface area contributed by atoms with Crippen molar-refractivity contribution in [2.24, 2.45) is 5.92 Å². The number of aliphatic hydroxyl groups excluding tert-OH is 1. The average Bonchev–Trinajstić information content (AvgIpc) is 2.71. The maximum absolute atomic E-state index is 11.3. The molecule has 1 saturated carbocycles. The zero-order valence-electron chi connectivity index (χ0n) is 10.4. The first kappa shape index (κ1) is 13.5. The lowest BCUT2D eigenvalue weighted by Gasteiger charge is -2.19. The first-order chi connectivity index (χ1) is 7.65. The summed E-state index contributed by atoms with van der Waals surface area (Å²) in [6, 6.07) is 0.458. The predicted octanol–water partition coefficient (Wildman–Crippen LogP) is 0.605. The standard InChI is InChI=1S/C12H24N2O2/c1-14(2)12(16)7-4-8-13-11-6-3-5-10(11)9-15/h10-11,13,15H,3-9H2,1-2H3. The van der Waals surface area contributed by atoms with Gasteiger partial charge in [0.1, 0.15) is 0 Å². The zero-order valence-corrected chi connectivity index (χ0v) is 10.4. The highest BCUT2D eigenvalue weighted by molar-refractivity contribution is 5.75. The van der Waals surface area contributed by atoms with Crippen molar-refractivity contribution in [2.75, 3.05) is 27.2 Å². The van der Waals surface area contributed by atoms with Crippen molar-refractivity contribution in [3.8, 4) is 0 Å². The Labute approximate surface area is 98.0 Å². The van der Waals surface area contributed by atoms with Gasteiger partial charge in [0.05, 0.1) is 0 Å². The van der Waals surface area contributed by atoms with E-state index >= 15 is 0 Å². The summed E-state index contributed by atoms with van der Waals surface area (Å²) in [6.45, 7) is 1.16. The molecular weight excluding hydrogens is 204 g/mol. The molecule has 94 valence electrons. The molecule has 1 aliphatic rings. The molecule has 4 heteroatoms. The van der Waals surface area contributed by atoms with Gasteiger partial charge in [0, 0.05) is 33.2 Å². The van der Waals surface area contributed by atoms with Gasteiger partial charge in [-0.3, -0.25) is 4.79 Å². The van der Waals surface area contributed by atoms with E-state index in [4.69, 9.17) is 5.11 Å². The number of amides is 1. The molecule has 16 heavy (non-hydrogen) atoms. The molecule has 0 aliphatic heterocycles. The third kappa shape index (κ3) is 4.10. The van der Waals surface area contributed by atoms with Crippen molar-refractivity contribution >= 4 is 5.91 Å². The molecule has 1 rings (SSSR count). The molecule has 0 radical (unpaired) electrons. The third-order valence-corrected chi connectivity index (χ3v) is 3.37. The summed E-state index contributed by atoms with van der Waals surface area (Å²) in [5.74, 6) is 0.608. The molecule has 2 N–H and O–H groups in total. The number of nitrogens with zero attached hydrogens (tertiary/aromatic N) is 1. The van der Waals surface area contributed by atoms with Crippen LogP contribution in [0.25, 0.3) is 0 Å². The van der Waals surface area contributed by atoms with Gasteiger partial charge in [0.15, 0.2) is 0 Å². The van der Waals surface area contributed by atoms with Gasteiger partial charge in [-0.2, -0.15) is 0 Å². The molecular formula is C12H24N2O2. The maximum Gasteiger partial charge on any atom is 0.222 e. The number of carbonyl (C=O) groups is 1. The lowest BCUT2D eigenvalue weighted by Crippen LogP contribution is -2.35. The normalized spacial score (nSPS) is 24.7. The summed E-state index contributed by atoms with van der Waals surface area (Å²) in [5, 5.41) is 12.6. The van der Waals surface area contributed by atoms with Crippen molar-refractivity contribution in [1.82, 2.24) is 10.2 Å². The van der Waals surface area contributed by atoms with Crippen LogP contribution in [0.5, 0.6) is 0 Å². The highest BCUT2D eigenvalue weighted by Crippen LogP contribution is 2.24. The molecule has 4 nitrogen and oxygen atoms in total. The van der Waals surface area contributed by atoms with Crippen LogP contribution in [-0.2, 0) is 4.79 Å². The Bertz CT molecular complexity index is 219. The van der Waals surface area contributed by atoms with E-state index in [-0.39, 0.29) is 12.5 Å². The van der Waals surface area contributed by atoms with Crippen molar-refractivity contribution < 1.29 is 9.90 Å². The zero-order chi connectivity index (χ0) is 12.0. The van der Waals surface area contributed by atoms with Crippen LogP contribution in [-0.4, -0.2) is 49.2 Å². The average molecular weight is 228 g/mol. The second kappa shape index (κ2) is 6.86. The van der Waals surface area contributed by atoms with Crippen LogP contribution in [0.2, 0.25) is 0 Å². The molecule has 0 bridgehead atoms. The van der Waals surface area contributed by atoms with Crippen molar-refractivity contribution in [2.45, 2.75) is 38.1 Å². The molecule has 1 amide bonds. The monoisotopic (exact) mass is 228 g/mol. The predicted molar refractivity (Wildman–Crippen MR) is 64.1 cm³/mol. The minimum atomic E-state index is 0.187. The van der Waals surface area contributed by atoms with Crippen LogP contribution in [0.3, 0.4) is 0 Å². The second-order valence-electron chi connectivity index (χ2n) is 4.83. The summed E-state index contributed by atoms with van der Waals surface area (Å²) in [4.78, 5) is 12.9. The molecule has 0 aromatic heterocycles. The molecule has 1 aliphatic carbocycles. The smallest absolute Gasteiger partial charge is 0.222 e. The van der Waals surface area contributed by atoms with Crippen molar-refractivity contribution in [3.63, 3.8) is 0 Å². The van der Waals surface area contributed by atoms with E-state index in [1.54, 1.807) is 19.0 Å². The van der Waals surface area contributed by atoms with Crippen LogP contribution in [0.1, 0.15) is 32.1 Å². The number of carbonyl (C=O) groups excluding carboxylic acids is 1. The van der Waals surface area contributed by atoms with Crippen LogP contribution < -0.4 is 5.32 Å². The van der Waals surface area contributed by atoms with Crippen molar-refractivity contribution in [1.29, 1.82) is 0 Å². The fourth-order valence-electron chi connectivity index (χ4n) is 2.27.